The van der Waals surface area contributed by atoms with Gasteiger partial charge in [0.1, 0.15) is 15.9 Å². The van der Waals surface area contributed by atoms with Gasteiger partial charge in [-0.25, -0.2) is 8.42 Å². The first-order valence-corrected chi connectivity index (χ1v) is 10.0. The topological polar surface area (TPSA) is 63.2 Å². The highest BCUT2D eigenvalue weighted by Gasteiger charge is 2.37. The molecule has 0 unspecified atom stereocenters. The van der Waals surface area contributed by atoms with Crippen molar-refractivity contribution >= 4 is 32.8 Å². The van der Waals surface area contributed by atoms with Gasteiger partial charge in [0.15, 0.2) is 0 Å². The molecule has 2 atom stereocenters. The van der Waals surface area contributed by atoms with Gasteiger partial charge in [-0.05, 0) is 36.8 Å². The number of fused-ring (bicyclic) bond motifs is 2. The summed E-state index contributed by atoms with van der Waals surface area (Å²) < 4.78 is 36.1. The first-order chi connectivity index (χ1) is 10.7. The van der Waals surface area contributed by atoms with Crippen LogP contribution in [0.25, 0.3) is 11.0 Å². The van der Waals surface area contributed by atoms with E-state index in [-0.39, 0.29) is 0 Å². The predicted molar refractivity (Wildman–Crippen MR) is 86.2 cm³/mol. The Labute approximate surface area is 134 Å². The highest BCUT2D eigenvalue weighted by molar-refractivity contribution is 7.89. The van der Waals surface area contributed by atoms with E-state index in [1.807, 2.05) is 6.07 Å². The van der Waals surface area contributed by atoms with Gasteiger partial charge in [0.2, 0.25) is 10.0 Å². The average molecular weight is 337 g/mol. The Morgan fingerprint density at radius 2 is 1.91 bits per heavy atom. The number of sulfonamides is 1. The van der Waals surface area contributed by atoms with Crippen LogP contribution in [-0.4, -0.2) is 34.6 Å². The molecule has 0 N–H and O–H groups in total. The van der Waals surface area contributed by atoms with E-state index in [2.05, 4.69) is 8.75 Å². The second kappa shape index (κ2) is 5.54. The quantitative estimate of drug-likeness (QED) is 0.845. The van der Waals surface area contributed by atoms with Crippen molar-refractivity contribution in [3.63, 3.8) is 0 Å². The van der Waals surface area contributed by atoms with Crippen LogP contribution in [0, 0.1) is 11.8 Å². The Hall–Kier alpha value is -1.05. The summed E-state index contributed by atoms with van der Waals surface area (Å²) in [4.78, 5) is 0.313. The van der Waals surface area contributed by atoms with Crippen molar-refractivity contribution in [1.29, 1.82) is 0 Å². The van der Waals surface area contributed by atoms with Crippen LogP contribution in [0.3, 0.4) is 0 Å². The predicted octanol–water partition coefficient (Wildman–Crippen LogP) is 2.89. The molecule has 22 heavy (non-hydrogen) atoms. The van der Waals surface area contributed by atoms with E-state index in [9.17, 15) is 8.42 Å². The van der Waals surface area contributed by atoms with Crippen LogP contribution in [0.2, 0.25) is 0 Å². The van der Waals surface area contributed by atoms with Gasteiger partial charge >= 0.3 is 0 Å². The summed E-state index contributed by atoms with van der Waals surface area (Å²) in [6.45, 7) is 1.30. The molecule has 1 saturated carbocycles. The molecule has 1 aliphatic carbocycles. The molecule has 1 aromatic carbocycles. The maximum absolute atomic E-state index is 13.0. The average Bonchev–Trinajstić information content (AvgIpc) is 3.02. The van der Waals surface area contributed by atoms with Gasteiger partial charge in [-0.1, -0.05) is 25.3 Å². The molecule has 7 heteroatoms. The number of aromatic nitrogens is 2. The van der Waals surface area contributed by atoms with E-state index in [0.29, 0.717) is 34.9 Å². The second-order valence-corrected chi connectivity index (χ2v) is 8.78. The van der Waals surface area contributed by atoms with Gasteiger partial charge in [-0.15, -0.1) is 0 Å². The molecule has 118 valence electrons. The van der Waals surface area contributed by atoms with Crippen LogP contribution in [0.4, 0.5) is 0 Å². The number of hydrogen-bond acceptors (Lipinski definition) is 5. The first-order valence-electron chi connectivity index (χ1n) is 7.88. The molecule has 2 aromatic rings. The summed E-state index contributed by atoms with van der Waals surface area (Å²) in [5, 5.41) is 0. The van der Waals surface area contributed by atoms with E-state index >= 15 is 0 Å². The zero-order valence-electron chi connectivity index (χ0n) is 12.3. The minimum atomic E-state index is -3.47. The minimum absolute atomic E-state index is 0.313. The van der Waals surface area contributed by atoms with Gasteiger partial charge in [-0.2, -0.15) is 13.1 Å². The van der Waals surface area contributed by atoms with E-state index in [0.717, 1.165) is 24.1 Å². The summed E-state index contributed by atoms with van der Waals surface area (Å²) in [5.41, 5.74) is 1.18. The molecule has 0 bridgehead atoms. The Bertz CT molecular complexity index is 787. The fourth-order valence-corrected chi connectivity index (χ4v) is 6.18. The summed E-state index contributed by atoms with van der Waals surface area (Å²) in [5.74, 6) is 1.25. The summed E-state index contributed by atoms with van der Waals surface area (Å²) in [6, 6.07) is 5.22. The third kappa shape index (κ3) is 2.35. The van der Waals surface area contributed by atoms with E-state index in [1.165, 1.54) is 25.7 Å². The van der Waals surface area contributed by atoms with Crippen molar-refractivity contribution in [2.24, 2.45) is 11.8 Å². The number of nitrogens with zero attached hydrogens (tertiary/aromatic N) is 3. The number of piperidine rings is 1. The lowest BCUT2D eigenvalue weighted by atomic mass is 9.76. The SMILES string of the molecule is O=S(=O)(c1cccc2nsnc12)N1CC[C@@H]2CCCC[C@@H]2C1. The third-order valence-electron chi connectivity index (χ3n) is 5.12. The third-order valence-corrected chi connectivity index (χ3v) is 7.56. The number of benzene rings is 1. The molecule has 0 radical (unpaired) electrons. The van der Waals surface area contributed by atoms with Crippen LogP contribution in [0.15, 0.2) is 23.1 Å². The monoisotopic (exact) mass is 337 g/mol. The highest BCUT2D eigenvalue weighted by atomic mass is 32.2. The molecule has 2 aliphatic rings. The van der Waals surface area contributed by atoms with E-state index in [4.69, 9.17) is 0 Å². The smallest absolute Gasteiger partial charge is 0.207 e. The van der Waals surface area contributed by atoms with Crippen LogP contribution >= 0.6 is 11.7 Å². The molecule has 0 amide bonds. The Balaban J connectivity index is 1.67. The standard InChI is InChI=1S/C15H19N3O2S2/c19-22(20,14-7-3-6-13-15(14)17-21-16-13)18-9-8-11-4-1-2-5-12(11)10-18/h3,6-7,11-12H,1-2,4-5,8-10H2/t11-,12+/m0/s1. The van der Waals surface area contributed by atoms with Gasteiger partial charge < -0.3 is 0 Å². The van der Waals surface area contributed by atoms with Crippen LogP contribution < -0.4 is 0 Å². The van der Waals surface area contributed by atoms with Gasteiger partial charge in [0.05, 0.1) is 11.7 Å². The molecule has 2 heterocycles. The normalized spacial score (nSPS) is 26.9. The zero-order chi connectivity index (χ0) is 15.2. The molecule has 2 fully saturated rings. The fourth-order valence-electron chi connectivity index (χ4n) is 3.91. The maximum Gasteiger partial charge on any atom is 0.245 e. The number of hydrogen-bond donors (Lipinski definition) is 0. The van der Waals surface area contributed by atoms with Crippen LogP contribution in [0.1, 0.15) is 32.1 Å². The Morgan fingerprint density at radius 1 is 1.09 bits per heavy atom. The molecule has 1 aliphatic heterocycles. The largest absolute Gasteiger partial charge is 0.245 e. The lowest BCUT2D eigenvalue weighted by Crippen LogP contribution is -2.44. The molecule has 1 saturated heterocycles. The van der Waals surface area contributed by atoms with Crippen LogP contribution in [0.5, 0.6) is 0 Å². The van der Waals surface area contributed by atoms with Crippen molar-refractivity contribution in [2.45, 2.75) is 37.0 Å². The molecule has 5 nitrogen and oxygen atoms in total. The first kappa shape index (κ1) is 14.5. The molecular formula is C15H19N3O2S2. The zero-order valence-corrected chi connectivity index (χ0v) is 13.9. The van der Waals surface area contributed by atoms with Crippen LogP contribution in [-0.2, 0) is 10.0 Å². The summed E-state index contributed by atoms with van der Waals surface area (Å²) in [6.07, 6.45) is 5.97. The number of rotatable bonds is 2. The maximum atomic E-state index is 13.0. The fraction of sp³-hybridized carbons (Fsp3) is 0.600. The van der Waals surface area contributed by atoms with Gasteiger partial charge in [-0.3, -0.25) is 0 Å². The second-order valence-electron chi connectivity index (χ2n) is 6.34. The van der Waals surface area contributed by atoms with Crippen molar-refractivity contribution in [1.82, 2.24) is 13.1 Å². The van der Waals surface area contributed by atoms with E-state index in [1.54, 1.807) is 16.4 Å². The summed E-state index contributed by atoms with van der Waals surface area (Å²) in [7, 11) is -3.47. The minimum Gasteiger partial charge on any atom is -0.207 e. The highest BCUT2D eigenvalue weighted by Crippen LogP contribution is 2.38. The summed E-state index contributed by atoms with van der Waals surface area (Å²) >= 11 is 1.07. The lowest BCUT2D eigenvalue weighted by molar-refractivity contribution is 0.136. The lowest BCUT2D eigenvalue weighted by Gasteiger charge is -2.40. The molecule has 4 rings (SSSR count). The van der Waals surface area contributed by atoms with Crippen molar-refractivity contribution in [3.8, 4) is 0 Å². The van der Waals surface area contributed by atoms with Crippen molar-refractivity contribution in [2.75, 3.05) is 13.1 Å². The van der Waals surface area contributed by atoms with E-state index < -0.39 is 10.0 Å². The Kier molecular flexibility index (Phi) is 3.66. The molecular weight excluding hydrogens is 318 g/mol. The van der Waals surface area contributed by atoms with Gasteiger partial charge in [0.25, 0.3) is 0 Å². The van der Waals surface area contributed by atoms with Crippen molar-refractivity contribution in [3.05, 3.63) is 18.2 Å². The molecule has 0 spiro atoms. The van der Waals surface area contributed by atoms with Crippen molar-refractivity contribution < 1.29 is 8.42 Å². The molecule has 1 aromatic heterocycles. The Morgan fingerprint density at radius 3 is 2.77 bits per heavy atom. The van der Waals surface area contributed by atoms with Gasteiger partial charge in [0, 0.05) is 13.1 Å².